The maximum atomic E-state index is 11.5. The molecule has 80 valence electrons. The zero-order valence-electron chi connectivity index (χ0n) is 8.52. The van der Waals surface area contributed by atoms with Crippen LogP contribution in [0.3, 0.4) is 0 Å². The lowest BCUT2D eigenvalue weighted by Gasteiger charge is -2.21. The Morgan fingerprint density at radius 2 is 2.27 bits per heavy atom. The van der Waals surface area contributed by atoms with E-state index in [0.717, 1.165) is 6.42 Å². The Morgan fingerprint density at radius 3 is 2.80 bits per heavy atom. The van der Waals surface area contributed by atoms with Crippen molar-refractivity contribution in [1.82, 2.24) is 0 Å². The first-order valence-electron chi connectivity index (χ1n) is 5.07. The van der Waals surface area contributed by atoms with Gasteiger partial charge in [-0.05, 0) is 18.1 Å². The number of esters is 1. The normalized spacial score (nSPS) is 30.5. The molecule has 0 aromatic carbocycles. The monoisotopic (exact) mass is 206 g/mol. The molecule has 0 unspecified atom stereocenters. The Balaban J connectivity index is 1.81. The van der Waals surface area contributed by atoms with E-state index in [1.54, 1.807) is 0 Å². The van der Waals surface area contributed by atoms with Crippen LogP contribution < -0.4 is 0 Å². The van der Waals surface area contributed by atoms with E-state index in [1.807, 2.05) is 12.2 Å². The number of rotatable bonds is 5. The Labute approximate surface area is 89.1 Å². The average molecular weight is 206 g/mol. The van der Waals surface area contributed by atoms with Gasteiger partial charge < -0.3 is 9.47 Å². The zero-order chi connectivity index (χ0) is 10.7. The molecular weight excluding hydrogens is 192 g/mol. The van der Waals surface area contributed by atoms with E-state index >= 15 is 0 Å². The van der Waals surface area contributed by atoms with Crippen LogP contribution in [0.5, 0.6) is 0 Å². The number of carbonyl (C=O) groups excluding carboxylic acids is 1. The highest BCUT2D eigenvalue weighted by molar-refractivity contribution is 5.71. The summed E-state index contributed by atoms with van der Waals surface area (Å²) in [6.45, 7) is 3.73. The van der Waals surface area contributed by atoms with Gasteiger partial charge in [-0.25, -0.2) is 0 Å². The number of fused-ring (bicyclic) bond motifs is 2. The third kappa shape index (κ3) is 2.12. The van der Waals surface area contributed by atoms with Gasteiger partial charge in [0.15, 0.2) is 0 Å². The van der Waals surface area contributed by atoms with Crippen molar-refractivity contribution in [1.29, 1.82) is 0 Å². The molecular formula is C12H14O3. The molecule has 0 fully saturated rings. The van der Waals surface area contributed by atoms with E-state index in [9.17, 15) is 4.79 Å². The molecule has 0 atom stereocenters. The summed E-state index contributed by atoms with van der Waals surface area (Å²) in [7, 11) is 0. The number of hydrogen-bond donors (Lipinski definition) is 0. The number of ether oxygens (including phenoxy) is 2. The molecule has 3 nitrogen and oxygen atoms in total. The first kappa shape index (κ1) is 10.0. The van der Waals surface area contributed by atoms with E-state index in [4.69, 9.17) is 9.47 Å². The standard InChI is InChI=1S/C12H14O3/c1-2-14-8-5-11(13)15-12-6-3-10(9-12)4-7-12/h2-4,6-7,10H,1,5,8-9H2. The van der Waals surface area contributed by atoms with E-state index in [-0.39, 0.29) is 12.4 Å². The Morgan fingerprint density at radius 1 is 1.53 bits per heavy atom. The molecule has 2 rings (SSSR count). The van der Waals surface area contributed by atoms with E-state index in [2.05, 4.69) is 18.7 Å². The van der Waals surface area contributed by atoms with Crippen LogP contribution in [0.2, 0.25) is 0 Å². The molecule has 0 aliphatic heterocycles. The number of allylic oxidation sites excluding steroid dienone is 2. The lowest BCUT2D eigenvalue weighted by molar-refractivity contribution is -0.152. The van der Waals surface area contributed by atoms with Gasteiger partial charge >= 0.3 is 5.97 Å². The predicted octanol–water partition coefficient (Wildman–Crippen LogP) is 1.96. The second-order valence-corrected chi connectivity index (χ2v) is 3.80. The maximum Gasteiger partial charge on any atom is 0.310 e. The van der Waals surface area contributed by atoms with Gasteiger partial charge in [0.05, 0.1) is 19.3 Å². The number of carbonyl (C=O) groups is 1. The number of hydrogen-bond acceptors (Lipinski definition) is 3. The second kappa shape index (κ2) is 3.93. The van der Waals surface area contributed by atoms with Crippen molar-refractivity contribution in [2.45, 2.75) is 18.4 Å². The molecule has 2 aliphatic rings. The fraction of sp³-hybridized carbons (Fsp3) is 0.417. The first-order chi connectivity index (χ1) is 7.24. The minimum absolute atomic E-state index is 0.228. The Kier molecular flexibility index (Phi) is 2.62. The predicted molar refractivity (Wildman–Crippen MR) is 56.0 cm³/mol. The molecule has 0 radical (unpaired) electrons. The summed E-state index contributed by atoms with van der Waals surface area (Å²) in [5.41, 5.74) is -0.462. The maximum absolute atomic E-state index is 11.5. The highest BCUT2D eigenvalue weighted by Crippen LogP contribution is 2.39. The molecule has 0 saturated heterocycles. The summed E-state index contributed by atoms with van der Waals surface area (Å²) < 4.78 is 10.3. The molecule has 2 aliphatic carbocycles. The summed E-state index contributed by atoms with van der Waals surface area (Å²) in [5, 5.41) is 0. The highest BCUT2D eigenvalue weighted by Gasteiger charge is 2.39. The molecule has 0 N–H and O–H groups in total. The van der Waals surface area contributed by atoms with Crippen LogP contribution in [0, 0.1) is 5.92 Å². The van der Waals surface area contributed by atoms with Crippen molar-refractivity contribution in [2.24, 2.45) is 5.92 Å². The van der Waals surface area contributed by atoms with Crippen LogP contribution in [0.1, 0.15) is 12.8 Å². The van der Waals surface area contributed by atoms with Crippen LogP contribution in [0.25, 0.3) is 0 Å². The zero-order valence-corrected chi connectivity index (χ0v) is 8.52. The van der Waals surface area contributed by atoms with Gasteiger partial charge in [0.2, 0.25) is 0 Å². The van der Waals surface area contributed by atoms with Crippen molar-refractivity contribution in [2.75, 3.05) is 6.61 Å². The lowest BCUT2D eigenvalue weighted by Crippen LogP contribution is -2.27. The Hall–Kier alpha value is -1.51. The molecule has 0 saturated carbocycles. The van der Waals surface area contributed by atoms with Crippen molar-refractivity contribution < 1.29 is 14.3 Å². The van der Waals surface area contributed by atoms with Crippen molar-refractivity contribution in [3.63, 3.8) is 0 Å². The van der Waals surface area contributed by atoms with Crippen LogP contribution in [-0.4, -0.2) is 18.2 Å². The van der Waals surface area contributed by atoms with Crippen LogP contribution in [-0.2, 0) is 14.3 Å². The summed E-state index contributed by atoms with van der Waals surface area (Å²) >= 11 is 0. The first-order valence-corrected chi connectivity index (χ1v) is 5.07. The van der Waals surface area contributed by atoms with Gasteiger partial charge in [-0.1, -0.05) is 18.7 Å². The quantitative estimate of drug-likeness (QED) is 0.298. The third-order valence-corrected chi connectivity index (χ3v) is 2.65. The molecule has 15 heavy (non-hydrogen) atoms. The van der Waals surface area contributed by atoms with Gasteiger partial charge in [-0.2, -0.15) is 0 Å². The lowest BCUT2D eigenvalue weighted by atomic mass is 10.1. The highest BCUT2D eigenvalue weighted by atomic mass is 16.6. The van der Waals surface area contributed by atoms with E-state index in [1.165, 1.54) is 6.26 Å². The van der Waals surface area contributed by atoms with Crippen LogP contribution in [0.15, 0.2) is 37.1 Å². The van der Waals surface area contributed by atoms with E-state index < -0.39 is 5.60 Å². The minimum atomic E-state index is -0.462. The molecule has 0 heterocycles. The van der Waals surface area contributed by atoms with Gasteiger partial charge in [-0.15, -0.1) is 0 Å². The van der Waals surface area contributed by atoms with Crippen LogP contribution >= 0.6 is 0 Å². The van der Waals surface area contributed by atoms with Gasteiger partial charge in [-0.3, -0.25) is 4.79 Å². The van der Waals surface area contributed by atoms with E-state index in [0.29, 0.717) is 12.5 Å². The molecule has 2 bridgehead atoms. The fourth-order valence-corrected chi connectivity index (χ4v) is 1.93. The van der Waals surface area contributed by atoms with Gasteiger partial charge in [0, 0.05) is 6.42 Å². The largest absolute Gasteiger partial charge is 0.501 e. The van der Waals surface area contributed by atoms with Gasteiger partial charge in [0.25, 0.3) is 0 Å². The molecule has 0 aromatic rings. The molecule has 0 aromatic heterocycles. The van der Waals surface area contributed by atoms with Crippen LogP contribution in [0.4, 0.5) is 0 Å². The second-order valence-electron chi connectivity index (χ2n) is 3.80. The smallest absolute Gasteiger partial charge is 0.310 e. The van der Waals surface area contributed by atoms with Crippen molar-refractivity contribution >= 4 is 5.97 Å². The summed E-state index contributed by atoms with van der Waals surface area (Å²) in [6, 6.07) is 0. The SMILES string of the molecule is C=COCCC(=O)OC12C=CC(C=C1)C2. The minimum Gasteiger partial charge on any atom is -0.501 e. The average Bonchev–Trinajstić information content (AvgIpc) is 2.77. The fourth-order valence-electron chi connectivity index (χ4n) is 1.93. The summed E-state index contributed by atoms with van der Waals surface area (Å²) in [6.07, 6.45) is 10.5. The van der Waals surface area contributed by atoms with Crippen molar-refractivity contribution in [3.8, 4) is 0 Å². The summed E-state index contributed by atoms with van der Waals surface area (Å²) in [5.74, 6) is 0.218. The topological polar surface area (TPSA) is 35.5 Å². The van der Waals surface area contributed by atoms with Gasteiger partial charge in [0.1, 0.15) is 5.60 Å². The molecule has 0 spiro atoms. The molecule has 0 amide bonds. The summed E-state index contributed by atoms with van der Waals surface area (Å²) in [4.78, 5) is 11.5. The van der Waals surface area contributed by atoms with Crippen molar-refractivity contribution in [3.05, 3.63) is 37.1 Å². The Bertz CT molecular complexity index is 314. The third-order valence-electron chi connectivity index (χ3n) is 2.65. The molecule has 3 heteroatoms.